The van der Waals surface area contributed by atoms with Gasteiger partial charge in [0.1, 0.15) is 11.8 Å². The van der Waals surface area contributed by atoms with Crippen LogP contribution in [0.5, 0.6) is 5.75 Å². The van der Waals surface area contributed by atoms with Gasteiger partial charge in [0.2, 0.25) is 5.91 Å². The van der Waals surface area contributed by atoms with Gasteiger partial charge in [-0.05, 0) is 36.6 Å². The molecule has 0 saturated heterocycles. The van der Waals surface area contributed by atoms with Gasteiger partial charge in [-0.25, -0.2) is 0 Å². The van der Waals surface area contributed by atoms with Gasteiger partial charge in [-0.2, -0.15) is 0 Å². The van der Waals surface area contributed by atoms with Gasteiger partial charge in [-0.1, -0.05) is 38.1 Å². The summed E-state index contributed by atoms with van der Waals surface area (Å²) in [6.45, 7) is 5.59. The molecule has 0 aromatic heterocycles. The summed E-state index contributed by atoms with van der Waals surface area (Å²) in [5.41, 5.74) is 1.88. The van der Waals surface area contributed by atoms with Crippen LogP contribution < -0.4 is 10.6 Å². The van der Waals surface area contributed by atoms with Crippen LogP contribution in [-0.2, 0) is 4.79 Å². The number of aryl methyl sites for hydroxylation is 1. The van der Waals surface area contributed by atoms with Crippen molar-refractivity contribution >= 4 is 17.5 Å². The van der Waals surface area contributed by atoms with Crippen molar-refractivity contribution in [2.75, 3.05) is 5.32 Å². The molecule has 0 heterocycles. The lowest BCUT2D eigenvalue weighted by molar-refractivity contribution is -0.118. The molecule has 0 fully saturated rings. The lowest BCUT2D eigenvalue weighted by atomic mass is 10.0. The number of hydrogen-bond donors (Lipinski definition) is 3. The van der Waals surface area contributed by atoms with Crippen LogP contribution in [0.15, 0.2) is 48.5 Å². The van der Waals surface area contributed by atoms with Gasteiger partial charge in [0.05, 0.1) is 0 Å². The number of aromatic hydroxyl groups is 1. The minimum absolute atomic E-state index is 0.0674. The fourth-order valence-electron chi connectivity index (χ4n) is 2.39. The Balaban J connectivity index is 2.13. The molecule has 2 aromatic carbocycles. The number of amides is 2. The topological polar surface area (TPSA) is 78.4 Å². The smallest absolute Gasteiger partial charge is 0.252 e. The molecule has 2 rings (SSSR count). The van der Waals surface area contributed by atoms with Crippen LogP contribution in [0.1, 0.15) is 29.8 Å². The maximum absolute atomic E-state index is 12.5. The second-order valence-corrected chi connectivity index (χ2v) is 6.05. The highest BCUT2D eigenvalue weighted by Crippen LogP contribution is 2.17. The highest BCUT2D eigenvalue weighted by Gasteiger charge is 2.25. The third-order valence-corrected chi connectivity index (χ3v) is 3.74. The number of benzene rings is 2. The summed E-state index contributed by atoms with van der Waals surface area (Å²) in [6.07, 6.45) is 0. The second kappa shape index (κ2) is 7.64. The second-order valence-electron chi connectivity index (χ2n) is 6.05. The molecule has 0 saturated carbocycles. The van der Waals surface area contributed by atoms with E-state index in [4.69, 9.17) is 0 Å². The van der Waals surface area contributed by atoms with E-state index in [9.17, 15) is 14.7 Å². The van der Waals surface area contributed by atoms with E-state index in [1.807, 2.05) is 32.9 Å². The van der Waals surface area contributed by atoms with Crippen molar-refractivity contribution in [3.05, 3.63) is 59.7 Å². The molecule has 2 amide bonds. The van der Waals surface area contributed by atoms with E-state index < -0.39 is 6.04 Å². The third-order valence-electron chi connectivity index (χ3n) is 3.74. The summed E-state index contributed by atoms with van der Waals surface area (Å²) in [4.78, 5) is 25.0. The van der Waals surface area contributed by atoms with Gasteiger partial charge < -0.3 is 15.7 Å². The third kappa shape index (κ3) is 4.35. The zero-order valence-electron chi connectivity index (χ0n) is 14.0. The molecule has 24 heavy (non-hydrogen) atoms. The van der Waals surface area contributed by atoms with Crippen molar-refractivity contribution in [1.82, 2.24) is 5.32 Å². The van der Waals surface area contributed by atoms with Crippen LogP contribution in [0.3, 0.4) is 0 Å². The van der Waals surface area contributed by atoms with Gasteiger partial charge in [0.15, 0.2) is 0 Å². The van der Waals surface area contributed by atoms with E-state index in [1.54, 1.807) is 24.3 Å². The molecule has 3 N–H and O–H groups in total. The van der Waals surface area contributed by atoms with Crippen molar-refractivity contribution in [1.29, 1.82) is 0 Å². The van der Waals surface area contributed by atoms with E-state index in [0.29, 0.717) is 11.3 Å². The zero-order chi connectivity index (χ0) is 17.7. The lowest BCUT2D eigenvalue weighted by Crippen LogP contribution is -2.47. The summed E-state index contributed by atoms with van der Waals surface area (Å²) in [6, 6.07) is 12.9. The molecule has 126 valence electrons. The van der Waals surface area contributed by atoms with E-state index in [2.05, 4.69) is 10.6 Å². The van der Waals surface area contributed by atoms with Crippen molar-refractivity contribution in [2.24, 2.45) is 5.92 Å². The van der Waals surface area contributed by atoms with Crippen LogP contribution in [0.2, 0.25) is 0 Å². The SMILES string of the molecule is Cc1ccccc1C(=O)NC(C(=O)Nc1cccc(O)c1)C(C)C. The van der Waals surface area contributed by atoms with E-state index >= 15 is 0 Å². The number of carbonyl (C=O) groups excluding carboxylic acids is 2. The van der Waals surface area contributed by atoms with Gasteiger partial charge in [0.25, 0.3) is 5.91 Å². The van der Waals surface area contributed by atoms with Gasteiger partial charge in [-0.15, -0.1) is 0 Å². The maximum atomic E-state index is 12.5. The summed E-state index contributed by atoms with van der Waals surface area (Å²) in [7, 11) is 0. The zero-order valence-corrected chi connectivity index (χ0v) is 14.0. The molecule has 0 bridgehead atoms. The number of hydrogen-bond acceptors (Lipinski definition) is 3. The molecular weight excluding hydrogens is 304 g/mol. The molecule has 0 aliphatic carbocycles. The lowest BCUT2D eigenvalue weighted by Gasteiger charge is -2.22. The first-order valence-corrected chi connectivity index (χ1v) is 7.85. The van der Waals surface area contributed by atoms with Crippen molar-refractivity contribution in [3.63, 3.8) is 0 Å². The number of nitrogens with one attached hydrogen (secondary N) is 2. The quantitative estimate of drug-likeness (QED) is 0.790. The first-order chi connectivity index (χ1) is 11.4. The summed E-state index contributed by atoms with van der Waals surface area (Å²) < 4.78 is 0. The number of phenolic OH excluding ortho intramolecular Hbond substituents is 1. The Hall–Kier alpha value is -2.82. The largest absolute Gasteiger partial charge is 0.508 e. The molecule has 1 unspecified atom stereocenters. The predicted octanol–water partition coefficient (Wildman–Crippen LogP) is 3.09. The number of rotatable bonds is 5. The standard InChI is InChI=1S/C19H22N2O3/c1-12(2)17(19(24)20-14-8-6-9-15(22)11-14)21-18(23)16-10-5-4-7-13(16)3/h4-12,17,22H,1-3H3,(H,20,24)(H,21,23). The average molecular weight is 326 g/mol. The summed E-state index contributed by atoms with van der Waals surface area (Å²) >= 11 is 0. The Bertz CT molecular complexity index is 741. The van der Waals surface area contributed by atoms with E-state index in [-0.39, 0.29) is 23.5 Å². The van der Waals surface area contributed by atoms with Crippen molar-refractivity contribution in [2.45, 2.75) is 26.8 Å². The number of anilines is 1. The van der Waals surface area contributed by atoms with E-state index in [1.165, 1.54) is 12.1 Å². The highest BCUT2D eigenvalue weighted by molar-refractivity contribution is 6.01. The highest BCUT2D eigenvalue weighted by atomic mass is 16.3. The van der Waals surface area contributed by atoms with Crippen molar-refractivity contribution < 1.29 is 14.7 Å². The molecule has 5 nitrogen and oxygen atoms in total. The van der Waals surface area contributed by atoms with Gasteiger partial charge in [0, 0.05) is 17.3 Å². The summed E-state index contributed by atoms with van der Waals surface area (Å²) in [5.74, 6) is -0.622. The Labute approximate surface area is 141 Å². The summed E-state index contributed by atoms with van der Waals surface area (Å²) in [5, 5.41) is 15.0. The monoisotopic (exact) mass is 326 g/mol. The Morgan fingerprint density at radius 2 is 1.75 bits per heavy atom. The number of phenols is 1. The van der Waals surface area contributed by atoms with Crippen LogP contribution in [0, 0.1) is 12.8 Å². The van der Waals surface area contributed by atoms with Crippen LogP contribution in [0.25, 0.3) is 0 Å². The average Bonchev–Trinajstić information content (AvgIpc) is 2.52. The predicted molar refractivity (Wildman–Crippen MR) is 94.0 cm³/mol. The van der Waals surface area contributed by atoms with E-state index in [0.717, 1.165) is 5.56 Å². The first kappa shape index (κ1) is 17.5. The Morgan fingerprint density at radius 3 is 2.38 bits per heavy atom. The minimum atomic E-state index is -0.681. The number of carbonyl (C=O) groups is 2. The molecule has 2 aromatic rings. The molecule has 0 aliphatic rings. The van der Waals surface area contributed by atoms with Crippen LogP contribution >= 0.6 is 0 Å². The fraction of sp³-hybridized carbons (Fsp3) is 0.263. The molecular formula is C19H22N2O3. The molecule has 0 aliphatic heterocycles. The molecule has 0 spiro atoms. The van der Waals surface area contributed by atoms with Crippen LogP contribution in [-0.4, -0.2) is 23.0 Å². The van der Waals surface area contributed by atoms with Crippen LogP contribution in [0.4, 0.5) is 5.69 Å². The minimum Gasteiger partial charge on any atom is -0.508 e. The maximum Gasteiger partial charge on any atom is 0.252 e. The normalized spacial score (nSPS) is 11.8. The Morgan fingerprint density at radius 1 is 1.04 bits per heavy atom. The Kier molecular flexibility index (Phi) is 5.58. The first-order valence-electron chi connectivity index (χ1n) is 7.85. The van der Waals surface area contributed by atoms with Gasteiger partial charge in [-0.3, -0.25) is 9.59 Å². The molecule has 0 radical (unpaired) electrons. The fourth-order valence-corrected chi connectivity index (χ4v) is 2.39. The van der Waals surface area contributed by atoms with Gasteiger partial charge >= 0.3 is 0 Å². The van der Waals surface area contributed by atoms with Crippen molar-refractivity contribution in [3.8, 4) is 5.75 Å². The molecule has 5 heteroatoms. The molecule has 1 atom stereocenters.